The lowest BCUT2D eigenvalue weighted by Gasteiger charge is -2.37. The fraction of sp³-hybridized carbons (Fsp3) is 0.765. The molecule has 1 N–H and O–H groups in total. The van der Waals surface area contributed by atoms with Crippen molar-refractivity contribution in [2.75, 3.05) is 50.4 Å². The molecule has 2 fully saturated rings. The Hall–Kier alpha value is -1.25. The SMILES string of the molecule is CC(C)N1CCN(c2ncc(S(C)(=O)=O)c([C@@H]3CCCNC3)n2)CC1. The summed E-state index contributed by atoms with van der Waals surface area (Å²) >= 11 is 0. The van der Waals surface area contributed by atoms with E-state index in [-0.39, 0.29) is 10.8 Å². The molecule has 0 aromatic carbocycles. The van der Waals surface area contributed by atoms with Crippen molar-refractivity contribution in [3.8, 4) is 0 Å². The van der Waals surface area contributed by atoms with E-state index in [9.17, 15) is 8.42 Å². The first-order valence-electron chi connectivity index (χ1n) is 9.13. The van der Waals surface area contributed by atoms with Gasteiger partial charge in [0.15, 0.2) is 9.84 Å². The van der Waals surface area contributed by atoms with E-state index in [2.05, 4.69) is 33.9 Å². The smallest absolute Gasteiger partial charge is 0.225 e. The third-order valence-electron chi connectivity index (χ3n) is 5.18. The minimum absolute atomic E-state index is 0.136. The molecule has 0 aliphatic carbocycles. The largest absolute Gasteiger partial charge is 0.338 e. The summed E-state index contributed by atoms with van der Waals surface area (Å²) in [5.74, 6) is 0.800. The summed E-state index contributed by atoms with van der Waals surface area (Å²) in [5.41, 5.74) is 0.686. The molecule has 7 nitrogen and oxygen atoms in total. The summed E-state index contributed by atoms with van der Waals surface area (Å²) in [6.07, 6.45) is 4.76. The number of sulfone groups is 1. The van der Waals surface area contributed by atoms with Gasteiger partial charge in [-0.05, 0) is 33.2 Å². The second-order valence-electron chi connectivity index (χ2n) is 7.35. The normalized spacial score (nSPS) is 23.2. The van der Waals surface area contributed by atoms with Crippen LogP contribution >= 0.6 is 0 Å². The Kier molecular flexibility index (Phi) is 5.60. The maximum atomic E-state index is 12.2. The molecule has 0 spiro atoms. The van der Waals surface area contributed by atoms with Crippen molar-refractivity contribution < 1.29 is 8.42 Å². The molecule has 0 radical (unpaired) electrons. The van der Waals surface area contributed by atoms with E-state index in [0.29, 0.717) is 17.7 Å². The minimum atomic E-state index is -3.33. The summed E-state index contributed by atoms with van der Waals surface area (Å²) in [6.45, 7) is 9.89. The van der Waals surface area contributed by atoms with Crippen LogP contribution < -0.4 is 10.2 Å². The number of anilines is 1. The fourth-order valence-electron chi connectivity index (χ4n) is 3.63. The number of piperazine rings is 1. The molecule has 1 aromatic rings. The fourth-order valence-corrected chi connectivity index (χ4v) is 4.46. The molecule has 3 heterocycles. The van der Waals surface area contributed by atoms with Gasteiger partial charge in [-0.25, -0.2) is 18.4 Å². The van der Waals surface area contributed by atoms with Gasteiger partial charge in [-0.15, -0.1) is 0 Å². The zero-order valence-electron chi connectivity index (χ0n) is 15.4. The number of nitrogens with one attached hydrogen (secondary N) is 1. The Morgan fingerprint density at radius 1 is 1.24 bits per heavy atom. The molecule has 2 aliphatic rings. The zero-order valence-corrected chi connectivity index (χ0v) is 16.2. The van der Waals surface area contributed by atoms with E-state index >= 15 is 0 Å². The average molecular weight is 368 g/mol. The highest BCUT2D eigenvalue weighted by atomic mass is 32.2. The molecule has 25 heavy (non-hydrogen) atoms. The van der Waals surface area contributed by atoms with E-state index in [1.165, 1.54) is 12.5 Å². The van der Waals surface area contributed by atoms with Crippen LogP contribution in [0.1, 0.15) is 38.3 Å². The molecule has 3 rings (SSSR count). The van der Waals surface area contributed by atoms with E-state index < -0.39 is 9.84 Å². The van der Waals surface area contributed by atoms with Crippen LogP contribution in [0.2, 0.25) is 0 Å². The predicted molar refractivity (Wildman–Crippen MR) is 98.9 cm³/mol. The molecule has 0 bridgehead atoms. The summed E-state index contributed by atoms with van der Waals surface area (Å²) in [5, 5.41) is 3.35. The van der Waals surface area contributed by atoms with Crippen LogP contribution in [0.4, 0.5) is 5.95 Å². The highest BCUT2D eigenvalue weighted by molar-refractivity contribution is 7.90. The average Bonchev–Trinajstić information content (AvgIpc) is 2.61. The zero-order chi connectivity index (χ0) is 18.0. The summed E-state index contributed by atoms with van der Waals surface area (Å²) in [7, 11) is -3.33. The molecule has 0 saturated carbocycles. The highest BCUT2D eigenvalue weighted by Gasteiger charge is 2.27. The van der Waals surface area contributed by atoms with E-state index in [1.54, 1.807) is 0 Å². The van der Waals surface area contributed by atoms with Crippen LogP contribution in [0, 0.1) is 0 Å². The first kappa shape index (κ1) is 18.5. The molecule has 8 heteroatoms. The standard InChI is InChI=1S/C17H29N5O2S/c1-13(2)21-7-9-22(10-8-21)17-19-12-15(25(3,23)24)16(20-17)14-5-4-6-18-11-14/h12-14,18H,4-11H2,1-3H3/t14-/m1/s1. The van der Waals surface area contributed by atoms with Gasteiger partial charge in [0.05, 0.1) is 11.9 Å². The van der Waals surface area contributed by atoms with Crippen molar-refractivity contribution in [2.24, 2.45) is 0 Å². The van der Waals surface area contributed by atoms with Gasteiger partial charge in [-0.2, -0.15) is 0 Å². The second kappa shape index (κ2) is 7.55. The number of nitrogens with zero attached hydrogens (tertiary/aromatic N) is 4. The monoisotopic (exact) mass is 367 g/mol. The molecule has 0 amide bonds. The molecule has 140 valence electrons. The van der Waals surface area contributed by atoms with Gasteiger partial charge < -0.3 is 10.2 Å². The first-order valence-corrected chi connectivity index (χ1v) is 11.0. The third kappa shape index (κ3) is 4.30. The number of hydrogen-bond acceptors (Lipinski definition) is 7. The second-order valence-corrected chi connectivity index (χ2v) is 9.34. The van der Waals surface area contributed by atoms with Crippen molar-refractivity contribution in [1.82, 2.24) is 20.2 Å². The predicted octanol–water partition coefficient (Wildman–Crippen LogP) is 0.878. The Morgan fingerprint density at radius 3 is 2.52 bits per heavy atom. The van der Waals surface area contributed by atoms with Gasteiger partial charge in [-0.1, -0.05) is 0 Å². The number of piperidine rings is 1. The van der Waals surface area contributed by atoms with Gasteiger partial charge in [0.25, 0.3) is 0 Å². The van der Waals surface area contributed by atoms with Crippen molar-refractivity contribution in [1.29, 1.82) is 0 Å². The molecular formula is C17H29N5O2S. The molecule has 2 aliphatic heterocycles. The summed E-state index contributed by atoms with van der Waals surface area (Å²) in [4.78, 5) is 14.0. The van der Waals surface area contributed by atoms with Crippen molar-refractivity contribution in [3.05, 3.63) is 11.9 Å². The van der Waals surface area contributed by atoms with Crippen LogP contribution in [-0.4, -0.2) is 74.9 Å². The maximum absolute atomic E-state index is 12.2. The Balaban J connectivity index is 1.86. The lowest BCUT2D eigenvalue weighted by Crippen LogP contribution is -2.49. The minimum Gasteiger partial charge on any atom is -0.338 e. The van der Waals surface area contributed by atoms with Crippen molar-refractivity contribution in [2.45, 2.75) is 43.5 Å². The van der Waals surface area contributed by atoms with Crippen LogP contribution in [0.5, 0.6) is 0 Å². The third-order valence-corrected chi connectivity index (χ3v) is 6.29. The summed E-state index contributed by atoms with van der Waals surface area (Å²) < 4.78 is 24.4. The molecule has 0 unspecified atom stereocenters. The Labute approximate surface area is 150 Å². The topological polar surface area (TPSA) is 78.4 Å². The Morgan fingerprint density at radius 2 is 1.96 bits per heavy atom. The van der Waals surface area contributed by atoms with Crippen LogP contribution in [-0.2, 0) is 9.84 Å². The van der Waals surface area contributed by atoms with Gasteiger partial charge in [0.2, 0.25) is 5.95 Å². The number of aromatic nitrogens is 2. The van der Waals surface area contributed by atoms with Gasteiger partial charge in [-0.3, -0.25) is 4.90 Å². The molecule has 1 atom stereocenters. The van der Waals surface area contributed by atoms with E-state index in [4.69, 9.17) is 4.98 Å². The molecule has 2 saturated heterocycles. The van der Waals surface area contributed by atoms with Crippen LogP contribution in [0.25, 0.3) is 0 Å². The highest BCUT2D eigenvalue weighted by Crippen LogP contribution is 2.28. The lowest BCUT2D eigenvalue weighted by atomic mass is 9.96. The van der Waals surface area contributed by atoms with Crippen molar-refractivity contribution in [3.63, 3.8) is 0 Å². The van der Waals surface area contributed by atoms with Crippen LogP contribution in [0.15, 0.2) is 11.1 Å². The number of hydrogen-bond donors (Lipinski definition) is 1. The van der Waals surface area contributed by atoms with Crippen molar-refractivity contribution >= 4 is 15.8 Å². The molecule has 1 aromatic heterocycles. The Bertz CT molecular complexity index is 693. The van der Waals surface area contributed by atoms with Gasteiger partial charge >= 0.3 is 0 Å². The quantitative estimate of drug-likeness (QED) is 0.846. The van der Waals surface area contributed by atoms with E-state index in [1.807, 2.05) is 0 Å². The van der Waals surface area contributed by atoms with E-state index in [0.717, 1.165) is 52.1 Å². The van der Waals surface area contributed by atoms with Gasteiger partial charge in [0, 0.05) is 50.9 Å². The molecular weight excluding hydrogens is 338 g/mol. The first-order chi connectivity index (χ1) is 11.9. The maximum Gasteiger partial charge on any atom is 0.225 e. The number of rotatable bonds is 4. The lowest BCUT2D eigenvalue weighted by molar-refractivity contribution is 0.208. The van der Waals surface area contributed by atoms with Crippen LogP contribution in [0.3, 0.4) is 0 Å². The summed E-state index contributed by atoms with van der Waals surface area (Å²) in [6, 6.07) is 0.541. The van der Waals surface area contributed by atoms with Gasteiger partial charge in [0.1, 0.15) is 4.90 Å².